The van der Waals surface area contributed by atoms with Crippen LogP contribution in [0.3, 0.4) is 0 Å². The molecule has 0 saturated heterocycles. The average molecular weight is 261 g/mol. The van der Waals surface area contributed by atoms with Crippen molar-refractivity contribution in [1.82, 2.24) is 15.3 Å². The van der Waals surface area contributed by atoms with Gasteiger partial charge in [0.25, 0.3) is 0 Å². The van der Waals surface area contributed by atoms with E-state index in [1.807, 2.05) is 31.4 Å². The molecule has 0 aliphatic rings. The second-order valence-electron chi connectivity index (χ2n) is 4.70. The molecule has 18 heavy (non-hydrogen) atoms. The number of pyridine rings is 1. The van der Waals surface area contributed by atoms with E-state index in [0.717, 1.165) is 17.2 Å². The topological polar surface area (TPSA) is 37.8 Å². The Bertz CT molecular complexity index is 479. The van der Waals surface area contributed by atoms with Crippen molar-refractivity contribution in [3.8, 4) is 10.7 Å². The lowest BCUT2D eigenvalue weighted by molar-refractivity contribution is 0.471. The van der Waals surface area contributed by atoms with Crippen LogP contribution in [0.2, 0.25) is 0 Å². The van der Waals surface area contributed by atoms with Gasteiger partial charge in [0.2, 0.25) is 0 Å². The monoisotopic (exact) mass is 261 g/mol. The summed E-state index contributed by atoms with van der Waals surface area (Å²) < 4.78 is 0. The zero-order chi connectivity index (χ0) is 13.0. The van der Waals surface area contributed by atoms with E-state index >= 15 is 0 Å². The smallest absolute Gasteiger partial charge is 0.142 e. The van der Waals surface area contributed by atoms with Gasteiger partial charge in [0.1, 0.15) is 5.01 Å². The molecule has 0 aliphatic carbocycles. The van der Waals surface area contributed by atoms with Gasteiger partial charge in [0.15, 0.2) is 0 Å². The Morgan fingerprint density at radius 3 is 2.78 bits per heavy atom. The molecule has 0 saturated carbocycles. The molecule has 2 heterocycles. The van der Waals surface area contributed by atoms with Gasteiger partial charge in [0, 0.05) is 24.0 Å². The van der Waals surface area contributed by atoms with Crippen molar-refractivity contribution in [3.63, 3.8) is 0 Å². The van der Waals surface area contributed by atoms with Gasteiger partial charge < -0.3 is 5.32 Å². The van der Waals surface area contributed by atoms with E-state index in [9.17, 15) is 0 Å². The second-order valence-corrected chi connectivity index (χ2v) is 5.56. The van der Waals surface area contributed by atoms with E-state index in [1.165, 1.54) is 5.69 Å². The maximum Gasteiger partial charge on any atom is 0.142 e. The third-order valence-electron chi connectivity index (χ3n) is 3.01. The van der Waals surface area contributed by atoms with Gasteiger partial charge in [-0.05, 0) is 25.1 Å². The van der Waals surface area contributed by atoms with Crippen LogP contribution in [0.4, 0.5) is 0 Å². The average Bonchev–Trinajstić information content (AvgIpc) is 2.86. The summed E-state index contributed by atoms with van der Waals surface area (Å²) in [4.78, 5) is 9.08. The third kappa shape index (κ3) is 2.94. The van der Waals surface area contributed by atoms with Gasteiger partial charge in [-0.3, -0.25) is 4.98 Å². The molecule has 4 heteroatoms. The van der Waals surface area contributed by atoms with Gasteiger partial charge in [-0.25, -0.2) is 4.98 Å². The first-order chi connectivity index (χ1) is 8.72. The molecular formula is C14H19N3S. The largest absolute Gasteiger partial charge is 0.319 e. The van der Waals surface area contributed by atoms with E-state index in [4.69, 9.17) is 4.98 Å². The van der Waals surface area contributed by atoms with Crippen molar-refractivity contribution in [3.05, 3.63) is 35.5 Å². The highest BCUT2D eigenvalue weighted by molar-refractivity contribution is 7.13. The van der Waals surface area contributed by atoms with Crippen molar-refractivity contribution >= 4 is 11.3 Å². The summed E-state index contributed by atoms with van der Waals surface area (Å²) in [7, 11) is 1.99. The molecule has 0 aliphatic heterocycles. The summed E-state index contributed by atoms with van der Waals surface area (Å²) in [6.45, 7) is 5.44. The van der Waals surface area contributed by atoms with Gasteiger partial charge in [-0.1, -0.05) is 19.9 Å². The fourth-order valence-corrected chi connectivity index (χ4v) is 2.82. The Hall–Kier alpha value is -1.26. The molecular weight excluding hydrogens is 242 g/mol. The van der Waals surface area contributed by atoms with Crippen LogP contribution in [0.5, 0.6) is 0 Å². The third-order valence-corrected chi connectivity index (χ3v) is 3.90. The highest BCUT2D eigenvalue weighted by Gasteiger charge is 2.18. The van der Waals surface area contributed by atoms with Crippen molar-refractivity contribution in [2.45, 2.75) is 19.8 Å². The lowest BCUT2D eigenvalue weighted by Crippen LogP contribution is -2.21. The molecule has 2 aromatic heterocycles. The molecule has 0 amide bonds. The van der Waals surface area contributed by atoms with Gasteiger partial charge in [-0.2, -0.15) is 0 Å². The standard InChI is InChI=1S/C14H19N3S/c1-10(2)11(8-15-3)13-9-18-14(17-13)12-6-4-5-7-16-12/h4-7,9-11,15H,8H2,1-3H3. The number of hydrogen-bond acceptors (Lipinski definition) is 4. The van der Waals surface area contributed by atoms with Crippen LogP contribution in [0.15, 0.2) is 29.8 Å². The quantitative estimate of drug-likeness (QED) is 0.898. The van der Waals surface area contributed by atoms with Gasteiger partial charge >= 0.3 is 0 Å². The molecule has 1 unspecified atom stereocenters. The molecule has 0 radical (unpaired) electrons. The Morgan fingerprint density at radius 2 is 2.17 bits per heavy atom. The minimum atomic E-state index is 0.462. The first-order valence-electron chi connectivity index (χ1n) is 6.23. The fourth-order valence-electron chi connectivity index (χ4n) is 1.97. The summed E-state index contributed by atoms with van der Waals surface area (Å²) >= 11 is 1.67. The van der Waals surface area contributed by atoms with Gasteiger partial charge in [-0.15, -0.1) is 11.3 Å². The maximum absolute atomic E-state index is 4.74. The summed E-state index contributed by atoms with van der Waals surface area (Å²) in [5.41, 5.74) is 2.13. The predicted molar refractivity (Wildman–Crippen MR) is 76.9 cm³/mol. The predicted octanol–water partition coefficient (Wildman–Crippen LogP) is 3.16. The Kier molecular flexibility index (Phi) is 4.44. The second kappa shape index (κ2) is 6.07. The zero-order valence-corrected chi connectivity index (χ0v) is 11.9. The highest BCUT2D eigenvalue weighted by atomic mass is 32.1. The first-order valence-corrected chi connectivity index (χ1v) is 7.11. The Morgan fingerprint density at radius 1 is 1.33 bits per heavy atom. The summed E-state index contributed by atoms with van der Waals surface area (Å²) in [5.74, 6) is 1.04. The molecule has 1 atom stereocenters. The highest BCUT2D eigenvalue weighted by Crippen LogP contribution is 2.29. The van der Waals surface area contributed by atoms with E-state index < -0.39 is 0 Å². The lowest BCUT2D eigenvalue weighted by atomic mass is 9.93. The molecule has 0 aromatic carbocycles. The lowest BCUT2D eigenvalue weighted by Gasteiger charge is -2.18. The number of aromatic nitrogens is 2. The molecule has 2 aromatic rings. The van der Waals surface area contributed by atoms with Crippen LogP contribution < -0.4 is 5.32 Å². The van der Waals surface area contributed by atoms with E-state index in [0.29, 0.717) is 11.8 Å². The van der Waals surface area contributed by atoms with E-state index in [2.05, 4.69) is 29.5 Å². The minimum absolute atomic E-state index is 0.462. The summed E-state index contributed by atoms with van der Waals surface area (Å²) in [5, 5.41) is 6.41. The summed E-state index contributed by atoms with van der Waals surface area (Å²) in [6, 6.07) is 5.93. The van der Waals surface area contributed by atoms with E-state index in [1.54, 1.807) is 11.3 Å². The Balaban J connectivity index is 2.24. The molecule has 1 N–H and O–H groups in total. The van der Waals surface area contributed by atoms with Crippen LogP contribution >= 0.6 is 11.3 Å². The number of thiazole rings is 1. The van der Waals surface area contributed by atoms with Crippen molar-refractivity contribution in [2.24, 2.45) is 5.92 Å². The zero-order valence-electron chi connectivity index (χ0n) is 11.1. The van der Waals surface area contributed by atoms with Crippen LogP contribution in [0.1, 0.15) is 25.5 Å². The fraction of sp³-hybridized carbons (Fsp3) is 0.429. The number of hydrogen-bond donors (Lipinski definition) is 1. The number of rotatable bonds is 5. The van der Waals surface area contributed by atoms with Crippen molar-refractivity contribution in [2.75, 3.05) is 13.6 Å². The van der Waals surface area contributed by atoms with Crippen LogP contribution in [0, 0.1) is 5.92 Å². The van der Waals surface area contributed by atoms with Gasteiger partial charge in [0.05, 0.1) is 11.4 Å². The molecule has 96 valence electrons. The first kappa shape index (κ1) is 13.2. The summed E-state index contributed by atoms with van der Waals surface area (Å²) in [6.07, 6.45) is 1.81. The van der Waals surface area contributed by atoms with E-state index in [-0.39, 0.29) is 0 Å². The Labute approximate surface area is 112 Å². The molecule has 3 nitrogen and oxygen atoms in total. The van der Waals surface area contributed by atoms with Crippen LogP contribution in [-0.4, -0.2) is 23.6 Å². The number of nitrogens with one attached hydrogen (secondary N) is 1. The SMILES string of the molecule is CNCC(c1csc(-c2ccccn2)n1)C(C)C. The normalized spacial score (nSPS) is 12.9. The van der Waals surface area contributed by atoms with Crippen molar-refractivity contribution < 1.29 is 0 Å². The maximum atomic E-state index is 4.74. The van der Waals surface area contributed by atoms with Crippen LogP contribution in [0.25, 0.3) is 10.7 Å². The van der Waals surface area contributed by atoms with Crippen molar-refractivity contribution in [1.29, 1.82) is 0 Å². The molecule has 2 rings (SSSR count). The molecule has 0 bridgehead atoms. The van der Waals surface area contributed by atoms with Crippen LogP contribution in [-0.2, 0) is 0 Å². The minimum Gasteiger partial charge on any atom is -0.319 e. The number of nitrogens with zero attached hydrogens (tertiary/aromatic N) is 2. The number of likely N-dealkylation sites (N-methyl/N-ethyl adjacent to an activating group) is 1. The molecule has 0 spiro atoms. The molecule has 0 fully saturated rings.